The van der Waals surface area contributed by atoms with Crippen LogP contribution in [0.3, 0.4) is 0 Å². The Balaban J connectivity index is 2.25. The van der Waals surface area contributed by atoms with Gasteiger partial charge in [0.15, 0.2) is 0 Å². The molecule has 0 aromatic heterocycles. The Morgan fingerprint density at radius 1 is 1.44 bits per heavy atom. The largest absolute Gasteiger partial charge is 0.391 e. The Morgan fingerprint density at radius 3 is 2.67 bits per heavy atom. The van der Waals surface area contributed by atoms with Crippen LogP contribution in [0.5, 0.6) is 0 Å². The van der Waals surface area contributed by atoms with Gasteiger partial charge in [-0.25, -0.2) is 0 Å². The summed E-state index contributed by atoms with van der Waals surface area (Å²) in [5, 5.41) is 12.6. The summed E-state index contributed by atoms with van der Waals surface area (Å²) in [6, 6.07) is 7.13. The van der Waals surface area contributed by atoms with Crippen molar-refractivity contribution in [3.8, 4) is 0 Å². The van der Waals surface area contributed by atoms with Crippen molar-refractivity contribution in [2.45, 2.75) is 19.1 Å². The first-order valence-electron chi connectivity index (χ1n) is 5.90. The molecule has 0 radical (unpaired) electrons. The molecule has 0 saturated heterocycles. The number of amides is 1. The molecule has 0 aliphatic heterocycles. The molecule has 5 heteroatoms. The van der Waals surface area contributed by atoms with Crippen molar-refractivity contribution >= 4 is 5.91 Å². The van der Waals surface area contributed by atoms with Crippen LogP contribution in [0.1, 0.15) is 22.3 Å². The van der Waals surface area contributed by atoms with E-state index in [2.05, 4.69) is 5.32 Å². The summed E-state index contributed by atoms with van der Waals surface area (Å²) in [5.41, 5.74) is 6.73. The van der Waals surface area contributed by atoms with E-state index < -0.39 is 12.0 Å². The zero-order valence-corrected chi connectivity index (χ0v) is 10.6. The molecule has 4 N–H and O–H groups in total. The van der Waals surface area contributed by atoms with Gasteiger partial charge in [0, 0.05) is 19.2 Å². The second-order valence-corrected chi connectivity index (χ2v) is 4.14. The van der Waals surface area contributed by atoms with Crippen molar-refractivity contribution in [1.82, 2.24) is 5.32 Å². The van der Waals surface area contributed by atoms with Gasteiger partial charge in [0.2, 0.25) is 5.91 Å². The lowest BCUT2D eigenvalue weighted by atomic mass is 10.1. The van der Waals surface area contributed by atoms with E-state index in [0.717, 1.165) is 5.56 Å². The maximum atomic E-state index is 10.9. The van der Waals surface area contributed by atoms with Gasteiger partial charge in [-0.1, -0.05) is 12.1 Å². The molecule has 0 fully saturated rings. The number of aliphatic hydroxyl groups is 1. The van der Waals surface area contributed by atoms with Crippen LogP contribution < -0.4 is 11.1 Å². The lowest BCUT2D eigenvalue weighted by Crippen LogP contribution is -2.23. The van der Waals surface area contributed by atoms with Gasteiger partial charge in [0.25, 0.3) is 0 Å². The minimum atomic E-state index is -0.431. The van der Waals surface area contributed by atoms with E-state index in [1.807, 2.05) is 12.1 Å². The third-order valence-corrected chi connectivity index (χ3v) is 2.58. The molecular formula is C13H20N2O3. The number of primary amides is 1. The fourth-order valence-electron chi connectivity index (χ4n) is 1.56. The average Bonchev–Trinajstić information content (AvgIpc) is 2.35. The molecule has 0 bridgehead atoms. The third-order valence-electron chi connectivity index (χ3n) is 2.58. The van der Waals surface area contributed by atoms with Crippen molar-refractivity contribution in [2.24, 2.45) is 5.73 Å². The monoisotopic (exact) mass is 252 g/mol. The highest BCUT2D eigenvalue weighted by atomic mass is 16.5. The second-order valence-electron chi connectivity index (χ2n) is 4.14. The second kappa shape index (κ2) is 7.81. The predicted molar refractivity (Wildman–Crippen MR) is 69.2 cm³/mol. The standard InChI is InChI=1S/C13H20N2O3/c1-18-9-12(16)6-7-15-8-10-2-4-11(5-3-10)13(14)17/h2-5,12,15-16H,6-9H2,1H3,(H2,14,17). The van der Waals surface area contributed by atoms with Crippen LogP contribution >= 0.6 is 0 Å². The van der Waals surface area contributed by atoms with Crippen molar-refractivity contribution in [3.05, 3.63) is 35.4 Å². The lowest BCUT2D eigenvalue weighted by Gasteiger charge is -2.10. The van der Waals surface area contributed by atoms with E-state index >= 15 is 0 Å². The number of nitrogens with one attached hydrogen (secondary N) is 1. The summed E-state index contributed by atoms with van der Waals surface area (Å²) < 4.78 is 4.83. The average molecular weight is 252 g/mol. The molecule has 0 heterocycles. The Labute approximate surface area is 107 Å². The summed E-state index contributed by atoms with van der Waals surface area (Å²) in [4.78, 5) is 10.9. The fourth-order valence-corrected chi connectivity index (χ4v) is 1.56. The highest BCUT2D eigenvalue weighted by molar-refractivity contribution is 5.92. The molecule has 0 saturated carbocycles. The van der Waals surface area contributed by atoms with Crippen molar-refractivity contribution in [2.75, 3.05) is 20.3 Å². The number of hydrogen-bond donors (Lipinski definition) is 3. The van der Waals surface area contributed by atoms with Crippen LogP contribution in [-0.2, 0) is 11.3 Å². The zero-order valence-electron chi connectivity index (χ0n) is 10.6. The van der Waals surface area contributed by atoms with Gasteiger partial charge in [0.05, 0.1) is 12.7 Å². The minimum Gasteiger partial charge on any atom is -0.391 e. The number of methoxy groups -OCH3 is 1. The van der Waals surface area contributed by atoms with Gasteiger partial charge in [-0.2, -0.15) is 0 Å². The smallest absolute Gasteiger partial charge is 0.248 e. The summed E-state index contributed by atoms with van der Waals surface area (Å²) in [6.45, 7) is 1.76. The molecule has 1 unspecified atom stereocenters. The molecule has 0 aliphatic carbocycles. The number of aliphatic hydroxyl groups excluding tert-OH is 1. The molecule has 1 amide bonds. The fraction of sp³-hybridized carbons (Fsp3) is 0.462. The van der Waals surface area contributed by atoms with Crippen molar-refractivity contribution < 1.29 is 14.6 Å². The topological polar surface area (TPSA) is 84.6 Å². The summed E-state index contributed by atoms with van der Waals surface area (Å²) >= 11 is 0. The Hall–Kier alpha value is -1.43. The highest BCUT2D eigenvalue weighted by Crippen LogP contribution is 2.03. The number of nitrogens with two attached hydrogens (primary N) is 1. The van der Waals surface area contributed by atoms with Gasteiger partial charge in [0.1, 0.15) is 0 Å². The van der Waals surface area contributed by atoms with Crippen LogP contribution in [0.2, 0.25) is 0 Å². The molecule has 100 valence electrons. The normalized spacial score (nSPS) is 12.3. The van der Waals surface area contributed by atoms with Gasteiger partial charge >= 0.3 is 0 Å². The quantitative estimate of drug-likeness (QED) is 0.580. The number of ether oxygens (including phenoxy) is 1. The maximum absolute atomic E-state index is 10.9. The number of carbonyl (C=O) groups excluding carboxylic acids is 1. The Morgan fingerprint density at radius 2 is 2.11 bits per heavy atom. The van der Waals surface area contributed by atoms with Crippen LogP contribution in [0, 0.1) is 0 Å². The van der Waals surface area contributed by atoms with E-state index in [1.54, 1.807) is 19.2 Å². The van der Waals surface area contributed by atoms with Crippen LogP contribution in [0.15, 0.2) is 24.3 Å². The number of carbonyl (C=O) groups is 1. The molecule has 0 spiro atoms. The SMILES string of the molecule is COCC(O)CCNCc1ccc(C(N)=O)cc1. The highest BCUT2D eigenvalue weighted by Gasteiger charge is 2.03. The molecule has 1 rings (SSSR count). The number of hydrogen-bond acceptors (Lipinski definition) is 4. The van der Waals surface area contributed by atoms with E-state index in [0.29, 0.717) is 31.7 Å². The van der Waals surface area contributed by atoms with E-state index in [1.165, 1.54) is 0 Å². The summed E-state index contributed by atoms with van der Waals surface area (Å²) in [7, 11) is 1.57. The molecule has 1 aromatic carbocycles. The molecule has 1 aromatic rings. The van der Waals surface area contributed by atoms with E-state index in [4.69, 9.17) is 10.5 Å². The zero-order chi connectivity index (χ0) is 13.4. The van der Waals surface area contributed by atoms with Gasteiger partial charge < -0.3 is 20.9 Å². The summed E-state index contributed by atoms with van der Waals surface area (Å²) in [6.07, 6.45) is 0.215. The summed E-state index contributed by atoms with van der Waals surface area (Å²) in [5.74, 6) is -0.419. The van der Waals surface area contributed by atoms with E-state index in [-0.39, 0.29) is 0 Å². The first kappa shape index (κ1) is 14.6. The molecule has 1 atom stereocenters. The number of rotatable bonds is 8. The third kappa shape index (κ3) is 5.27. The van der Waals surface area contributed by atoms with Crippen LogP contribution in [-0.4, -0.2) is 37.4 Å². The Kier molecular flexibility index (Phi) is 6.35. The molecular weight excluding hydrogens is 232 g/mol. The minimum absolute atomic E-state index is 0.356. The predicted octanol–water partition coefficient (Wildman–Crippen LogP) is 0.273. The first-order chi connectivity index (χ1) is 8.63. The van der Waals surface area contributed by atoms with Gasteiger partial charge in [-0.3, -0.25) is 4.79 Å². The molecule has 0 aliphatic rings. The van der Waals surface area contributed by atoms with Crippen LogP contribution in [0.25, 0.3) is 0 Å². The maximum Gasteiger partial charge on any atom is 0.248 e. The number of benzene rings is 1. The van der Waals surface area contributed by atoms with Crippen molar-refractivity contribution in [3.63, 3.8) is 0 Å². The van der Waals surface area contributed by atoms with Gasteiger partial charge in [-0.15, -0.1) is 0 Å². The van der Waals surface area contributed by atoms with Crippen molar-refractivity contribution in [1.29, 1.82) is 0 Å². The molecule has 5 nitrogen and oxygen atoms in total. The first-order valence-corrected chi connectivity index (χ1v) is 5.90. The van der Waals surface area contributed by atoms with Gasteiger partial charge in [-0.05, 0) is 30.7 Å². The Bertz CT molecular complexity index is 365. The molecule has 18 heavy (non-hydrogen) atoms. The van der Waals surface area contributed by atoms with Crippen LogP contribution in [0.4, 0.5) is 0 Å². The van der Waals surface area contributed by atoms with E-state index in [9.17, 15) is 9.90 Å². The lowest BCUT2D eigenvalue weighted by molar-refractivity contribution is 0.0594.